The maximum atomic E-state index is 5.11. The van der Waals surface area contributed by atoms with E-state index in [4.69, 9.17) is 9.97 Å². The van der Waals surface area contributed by atoms with Gasteiger partial charge < -0.3 is 4.90 Å². The van der Waals surface area contributed by atoms with Crippen LogP contribution in [0.1, 0.15) is 89.7 Å². The number of aromatic nitrogens is 2. The van der Waals surface area contributed by atoms with Crippen molar-refractivity contribution < 1.29 is 0 Å². The number of nitrogens with zero attached hydrogens (tertiary/aromatic N) is 3. The lowest BCUT2D eigenvalue weighted by Gasteiger charge is -2.25. The van der Waals surface area contributed by atoms with E-state index in [9.17, 15) is 0 Å². The molecule has 0 saturated heterocycles. The van der Waals surface area contributed by atoms with Gasteiger partial charge in [0.05, 0.1) is 5.69 Å². The Morgan fingerprint density at radius 3 is 2.04 bits per heavy atom. The fourth-order valence-corrected chi connectivity index (χ4v) is 3.27. The van der Waals surface area contributed by atoms with Crippen molar-refractivity contribution in [2.75, 3.05) is 19.0 Å². The minimum atomic E-state index is 0.440. The van der Waals surface area contributed by atoms with E-state index in [1.165, 1.54) is 16.7 Å². The van der Waals surface area contributed by atoms with E-state index in [0.717, 1.165) is 29.3 Å². The summed E-state index contributed by atoms with van der Waals surface area (Å²) in [6, 6.07) is 6.69. The Bertz CT molecular complexity index is 761. The summed E-state index contributed by atoms with van der Waals surface area (Å²) in [5, 5.41) is 0. The van der Waals surface area contributed by atoms with E-state index in [-0.39, 0.29) is 0 Å². The highest BCUT2D eigenvalue weighted by atomic mass is 15.1. The maximum absolute atomic E-state index is 5.11. The molecule has 2 rings (SSSR count). The molecule has 0 aromatic carbocycles. The second kappa shape index (κ2) is 10.6. The van der Waals surface area contributed by atoms with Gasteiger partial charge in [-0.2, -0.15) is 0 Å². The molecule has 2 aromatic rings. The first-order valence-corrected chi connectivity index (χ1v) is 10.9. The van der Waals surface area contributed by atoms with Crippen LogP contribution in [0, 0.1) is 12.8 Å². The molecule has 2 aromatic heterocycles. The van der Waals surface area contributed by atoms with Crippen LogP contribution in [0.4, 0.5) is 5.82 Å². The van der Waals surface area contributed by atoms with Gasteiger partial charge in [0.1, 0.15) is 5.82 Å². The first-order chi connectivity index (χ1) is 13.2. The molecule has 3 nitrogen and oxygen atoms in total. The van der Waals surface area contributed by atoms with Crippen LogP contribution in [0.25, 0.3) is 11.3 Å². The van der Waals surface area contributed by atoms with Gasteiger partial charge in [-0.1, -0.05) is 55.4 Å². The molecule has 156 valence electrons. The molecule has 28 heavy (non-hydrogen) atoms. The lowest BCUT2D eigenvalue weighted by molar-refractivity contribution is 0.533. The molecular formula is C25H41N3. The minimum Gasteiger partial charge on any atom is -0.362 e. The van der Waals surface area contributed by atoms with Crippen LogP contribution < -0.4 is 4.90 Å². The number of hydrogen-bond donors (Lipinski definition) is 0. The van der Waals surface area contributed by atoms with Crippen molar-refractivity contribution in [3.63, 3.8) is 0 Å². The highest BCUT2D eigenvalue weighted by Gasteiger charge is 2.20. The smallest absolute Gasteiger partial charge is 0.132 e. The first kappa shape index (κ1) is 24.1. The van der Waals surface area contributed by atoms with Gasteiger partial charge in [-0.15, -0.1) is 0 Å². The zero-order valence-electron chi connectivity index (χ0n) is 20.0. The van der Waals surface area contributed by atoms with E-state index in [2.05, 4.69) is 85.7 Å². The molecule has 2 heterocycles. The van der Waals surface area contributed by atoms with Crippen LogP contribution in [0.2, 0.25) is 0 Å². The van der Waals surface area contributed by atoms with Crippen molar-refractivity contribution in [2.24, 2.45) is 5.92 Å². The third kappa shape index (κ3) is 5.33. The molecule has 0 N–H and O–H groups in total. The Hall–Kier alpha value is -1.90. The lowest BCUT2D eigenvalue weighted by Crippen LogP contribution is -2.17. The fourth-order valence-electron chi connectivity index (χ4n) is 3.27. The molecular weight excluding hydrogens is 342 g/mol. The van der Waals surface area contributed by atoms with Crippen LogP contribution in [0.15, 0.2) is 18.2 Å². The molecule has 0 spiro atoms. The molecule has 0 radical (unpaired) electrons. The van der Waals surface area contributed by atoms with Crippen LogP contribution in [-0.4, -0.2) is 24.1 Å². The number of hydrogen-bond acceptors (Lipinski definition) is 3. The van der Waals surface area contributed by atoms with E-state index in [1.54, 1.807) is 0 Å². The third-order valence-corrected chi connectivity index (χ3v) is 5.31. The molecule has 0 aliphatic rings. The second-order valence-electron chi connectivity index (χ2n) is 8.23. The van der Waals surface area contributed by atoms with Crippen LogP contribution in [0.3, 0.4) is 0 Å². The van der Waals surface area contributed by atoms with Crippen molar-refractivity contribution in [1.82, 2.24) is 9.97 Å². The van der Waals surface area contributed by atoms with Crippen LogP contribution >= 0.6 is 0 Å². The lowest BCUT2D eigenvalue weighted by atomic mass is 9.88. The number of pyridine rings is 2. The monoisotopic (exact) mass is 383 g/mol. The number of aryl methyl sites for hydroxylation is 2. The van der Waals surface area contributed by atoms with Gasteiger partial charge in [-0.25, -0.2) is 4.98 Å². The normalized spacial score (nSPS) is 12.0. The molecule has 0 amide bonds. The summed E-state index contributed by atoms with van der Waals surface area (Å²) >= 11 is 0. The Balaban J connectivity index is 0.00000190. The molecule has 3 heteroatoms. The predicted molar refractivity (Wildman–Crippen MR) is 125 cm³/mol. The largest absolute Gasteiger partial charge is 0.362 e. The van der Waals surface area contributed by atoms with Crippen molar-refractivity contribution in [2.45, 2.75) is 80.6 Å². The zero-order chi connectivity index (χ0) is 21.6. The summed E-state index contributed by atoms with van der Waals surface area (Å²) in [5.41, 5.74) is 7.08. The summed E-state index contributed by atoms with van der Waals surface area (Å²) in [6.07, 6.45) is 0.915. The van der Waals surface area contributed by atoms with Gasteiger partial charge in [-0.3, -0.25) is 4.98 Å². The predicted octanol–water partition coefficient (Wildman–Crippen LogP) is 6.99. The van der Waals surface area contributed by atoms with Crippen LogP contribution in [-0.2, 0) is 6.42 Å². The van der Waals surface area contributed by atoms with Crippen molar-refractivity contribution in [1.29, 1.82) is 0 Å². The van der Waals surface area contributed by atoms with Crippen molar-refractivity contribution in [3.05, 3.63) is 40.7 Å². The van der Waals surface area contributed by atoms with Gasteiger partial charge in [0, 0.05) is 31.0 Å². The average Bonchev–Trinajstić information content (AvgIpc) is 2.67. The second-order valence-corrected chi connectivity index (χ2v) is 8.23. The van der Waals surface area contributed by atoms with Gasteiger partial charge in [0.15, 0.2) is 0 Å². The van der Waals surface area contributed by atoms with E-state index < -0.39 is 0 Å². The summed E-state index contributed by atoms with van der Waals surface area (Å²) in [7, 11) is 4.16. The Labute approximate surface area is 173 Å². The Morgan fingerprint density at radius 1 is 0.964 bits per heavy atom. The number of rotatable bonds is 6. The molecule has 0 aliphatic carbocycles. The molecule has 1 atom stereocenters. The van der Waals surface area contributed by atoms with E-state index >= 15 is 0 Å². The summed E-state index contributed by atoms with van der Waals surface area (Å²) in [5.74, 6) is 2.57. The SMILES string of the molecule is CC.CCc1nc(C(C)C)ccc1-c1nc(N(C)C)c([C@H](C)C(C)C)cc1C. The van der Waals surface area contributed by atoms with Gasteiger partial charge in [-0.05, 0) is 60.4 Å². The highest BCUT2D eigenvalue weighted by Crippen LogP contribution is 2.35. The quantitative estimate of drug-likeness (QED) is 0.538. The standard InChI is InChI=1S/C23H35N3.C2H6/c1-10-20-18(11-12-21(24-20)15(4)5)22-16(6)13-19(17(7)14(2)3)23(25-22)26(8)9;1-2/h11-15,17H,10H2,1-9H3;1-2H3/t17-;/m1./s1. The molecule has 0 bridgehead atoms. The first-order valence-electron chi connectivity index (χ1n) is 10.9. The average molecular weight is 384 g/mol. The van der Waals surface area contributed by atoms with Gasteiger partial charge in [0.25, 0.3) is 0 Å². The Morgan fingerprint density at radius 2 is 1.57 bits per heavy atom. The molecule has 0 saturated carbocycles. The zero-order valence-corrected chi connectivity index (χ0v) is 20.0. The Kier molecular flexibility index (Phi) is 9.13. The summed E-state index contributed by atoms with van der Waals surface area (Å²) in [6.45, 7) is 19.6. The highest BCUT2D eigenvalue weighted by molar-refractivity contribution is 5.69. The van der Waals surface area contributed by atoms with E-state index in [0.29, 0.717) is 17.8 Å². The van der Waals surface area contributed by atoms with Crippen molar-refractivity contribution >= 4 is 5.82 Å². The van der Waals surface area contributed by atoms with Crippen LogP contribution in [0.5, 0.6) is 0 Å². The van der Waals surface area contributed by atoms with E-state index in [1.807, 2.05) is 13.8 Å². The number of anilines is 1. The molecule has 0 unspecified atom stereocenters. The third-order valence-electron chi connectivity index (χ3n) is 5.31. The minimum absolute atomic E-state index is 0.440. The maximum Gasteiger partial charge on any atom is 0.132 e. The topological polar surface area (TPSA) is 29.0 Å². The summed E-state index contributed by atoms with van der Waals surface area (Å²) in [4.78, 5) is 12.2. The van der Waals surface area contributed by atoms with Gasteiger partial charge >= 0.3 is 0 Å². The van der Waals surface area contributed by atoms with Gasteiger partial charge in [0.2, 0.25) is 0 Å². The fraction of sp³-hybridized carbons (Fsp3) is 0.600. The molecule has 0 aliphatic heterocycles. The molecule has 0 fully saturated rings. The summed E-state index contributed by atoms with van der Waals surface area (Å²) < 4.78 is 0. The van der Waals surface area contributed by atoms with Crippen molar-refractivity contribution in [3.8, 4) is 11.3 Å².